The number of halogens is 1. The molecule has 1 unspecified atom stereocenters. The van der Waals surface area contributed by atoms with E-state index < -0.39 is 0 Å². The molecule has 2 aromatic carbocycles. The van der Waals surface area contributed by atoms with Crippen molar-refractivity contribution in [3.63, 3.8) is 0 Å². The lowest BCUT2D eigenvalue weighted by Crippen LogP contribution is -2.36. The van der Waals surface area contributed by atoms with E-state index in [1.165, 1.54) is 11.1 Å². The molecule has 1 nitrogen and oxygen atoms in total. The SMILES string of the molecule is Fc1ccccc1C1SC2(CCNCC2)c2ccccc21. The number of hydrogen-bond donors (Lipinski definition) is 1. The van der Waals surface area contributed by atoms with E-state index >= 15 is 0 Å². The number of piperidine rings is 1. The molecule has 1 saturated heterocycles. The molecular formula is C18H18FNS. The summed E-state index contributed by atoms with van der Waals surface area (Å²) in [6.07, 6.45) is 2.25. The van der Waals surface area contributed by atoms with E-state index in [2.05, 4.69) is 29.6 Å². The minimum atomic E-state index is -0.0872. The highest BCUT2D eigenvalue weighted by molar-refractivity contribution is 8.01. The summed E-state index contributed by atoms with van der Waals surface area (Å²) in [5.74, 6) is -0.0872. The van der Waals surface area contributed by atoms with Gasteiger partial charge < -0.3 is 5.32 Å². The summed E-state index contributed by atoms with van der Waals surface area (Å²) < 4.78 is 14.4. The molecule has 0 saturated carbocycles. The summed E-state index contributed by atoms with van der Waals surface area (Å²) in [6, 6.07) is 15.8. The summed E-state index contributed by atoms with van der Waals surface area (Å²) in [5, 5.41) is 3.57. The van der Waals surface area contributed by atoms with E-state index in [0.29, 0.717) is 0 Å². The van der Waals surface area contributed by atoms with Crippen molar-refractivity contribution in [3.05, 3.63) is 71.0 Å². The van der Waals surface area contributed by atoms with Crippen LogP contribution >= 0.6 is 11.8 Å². The van der Waals surface area contributed by atoms with Crippen molar-refractivity contribution in [2.24, 2.45) is 0 Å². The molecule has 2 aliphatic rings. The van der Waals surface area contributed by atoms with Gasteiger partial charge in [0.15, 0.2) is 0 Å². The van der Waals surface area contributed by atoms with Crippen LogP contribution in [0.15, 0.2) is 48.5 Å². The van der Waals surface area contributed by atoms with Gasteiger partial charge in [0.1, 0.15) is 5.82 Å². The third-order valence-electron chi connectivity index (χ3n) is 4.68. The van der Waals surface area contributed by atoms with Crippen molar-refractivity contribution in [2.75, 3.05) is 13.1 Å². The highest BCUT2D eigenvalue weighted by Crippen LogP contribution is 2.60. The summed E-state index contributed by atoms with van der Waals surface area (Å²) in [7, 11) is 0. The van der Waals surface area contributed by atoms with Crippen molar-refractivity contribution in [1.29, 1.82) is 0 Å². The highest BCUT2D eigenvalue weighted by atomic mass is 32.2. The summed E-state index contributed by atoms with van der Waals surface area (Å²) in [4.78, 5) is 0. The van der Waals surface area contributed by atoms with E-state index in [0.717, 1.165) is 31.5 Å². The Kier molecular flexibility index (Phi) is 3.27. The molecule has 21 heavy (non-hydrogen) atoms. The first-order valence-electron chi connectivity index (χ1n) is 7.53. The van der Waals surface area contributed by atoms with Crippen LogP contribution in [0.1, 0.15) is 34.8 Å². The smallest absolute Gasteiger partial charge is 0.127 e. The van der Waals surface area contributed by atoms with Crippen molar-refractivity contribution >= 4 is 11.8 Å². The van der Waals surface area contributed by atoms with Gasteiger partial charge in [-0.05, 0) is 43.1 Å². The molecule has 3 heteroatoms. The van der Waals surface area contributed by atoms with Crippen LogP contribution in [0.5, 0.6) is 0 Å². The van der Waals surface area contributed by atoms with E-state index in [1.807, 2.05) is 23.9 Å². The highest BCUT2D eigenvalue weighted by Gasteiger charge is 2.45. The number of nitrogens with one attached hydrogen (secondary N) is 1. The van der Waals surface area contributed by atoms with Gasteiger partial charge in [-0.15, -0.1) is 11.8 Å². The summed E-state index contributed by atoms with van der Waals surface area (Å²) >= 11 is 1.95. The Morgan fingerprint density at radius 2 is 1.62 bits per heavy atom. The van der Waals surface area contributed by atoms with E-state index in [-0.39, 0.29) is 15.8 Å². The van der Waals surface area contributed by atoms with Gasteiger partial charge in [-0.3, -0.25) is 0 Å². The Hall–Kier alpha value is -1.32. The van der Waals surface area contributed by atoms with Crippen molar-refractivity contribution < 1.29 is 4.39 Å². The first-order valence-corrected chi connectivity index (χ1v) is 8.40. The zero-order valence-corrected chi connectivity index (χ0v) is 12.6. The van der Waals surface area contributed by atoms with Crippen LogP contribution in [-0.4, -0.2) is 13.1 Å². The van der Waals surface area contributed by atoms with Crippen LogP contribution in [0.25, 0.3) is 0 Å². The average molecular weight is 299 g/mol. The largest absolute Gasteiger partial charge is 0.317 e. The number of fused-ring (bicyclic) bond motifs is 2. The van der Waals surface area contributed by atoms with Gasteiger partial charge in [0.05, 0.1) is 5.25 Å². The molecule has 1 fully saturated rings. The third-order valence-corrected chi connectivity index (χ3v) is 6.50. The molecule has 0 amide bonds. The van der Waals surface area contributed by atoms with Gasteiger partial charge in [0.25, 0.3) is 0 Å². The molecular weight excluding hydrogens is 281 g/mol. The van der Waals surface area contributed by atoms with Gasteiger partial charge in [-0.2, -0.15) is 0 Å². The second-order valence-corrected chi connectivity index (χ2v) is 7.34. The predicted molar refractivity (Wildman–Crippen MR) is 86.1 cm³/mol. The molecule has 0 bridgehead atoms. The number of thioether (sulfide) groups is 1. The van der Waals surface area contributed by atoms with Gasteiger partial charge in [0, 0.05) is 10.3 Å². The second-order valence-electron chi connectivity index (χ2n) is 5.85. The minimum Gasteiger partial charge on any atom is -0.317 e. The molecule has 108 valence electrons. The Labute approximate surface area is 129 Å². The molecule has 2 heterocycles. The first kappa shape index (κ1) is 13.4. The molecule has 0 radical (unpaired) electrons. The number of benzene rings is 2. The molecule has 2 aromatic rings. The fourth-order valence-electron chi connectivity index (χ4n) is 3.63. The van der Waals surface area contributed by atoms with Crippen LogP contribution in [0.4, 0.5) is 4.39 Å². The van der Waals surface area contributed by atoms with Crippen LogP contribution in [0.2, 0.25) is 0 Å². The van der Waals surface area contributed by atoms with Gasteiger partial charge >= 0.3 is 0 Å². The molecule has 1 spiro atoms. The lowest BCUT2D eigenvalue weighted by molar-refractivity contribution is 0.427. The zero-order chi connectivity index (χ0) is 14.3. The lowest BCUT2D eigenvalue weighted by Gasteiger charge is -2.34. The Bertz CT molecular complexity index is 664. The van der Waals surface area contributed by atoms with Gasteiger partial charge in [-0.1, -0.05) is 42.5 Å². The third kappa shape index (κ3) is 2.11. The maximum absolute atomic E-state index is 14.3. The fraction of sp³-hybridized carbons (Fsp3) is 0.333. The molecule has 0 aromatic heterocycles. The van der Waals surface area contributed by atoms with Crippen molar-refractivity contribution in [3.8, 4) is 0 Å². The molecule has 1 N–H and O–H groups in total. The maximum atomic E-state index is 14.3. The standard InChI is InChI=1S/C18H18FNS/c19-16-8-4-2-6-14(16)17-13-5-1-3-7-15(13)18(21-17)9-11-20-12-10-18/h1-8,17,20H,9-12H2. The van der Waals surface area contributed by atoms with E-state index in [1.54, 1.807) is 12.1 Å². The van der Waals surface area contributed by atoms with Crippen LogP contribution in [0, 0.1) is 5.82 Å². The second kappa shape index (κ2) is 5.15. The number of hydrogen-bond acceptors (Lipinski definition) is 2. The summed E-state index contributed by atoms with van der Waals surface area (Å²) in [6.45, 7) is 2.09. The first-order chi connectivity index (χ1) is 10.3. The molecule has 2 aliphatic heterocycles. The number of rotatable bonds is 1. The average Bonchev–Trinajstić information content (AvgIpc) is 2.84. The molecule has 1 atom stereocenters. The van der Waals surface area contributed by atoms with E-state index in [9.17, 15) is 4.39 Å². The van der Waals surface area contributed by atoms with Crippen LogP contribution < -0.4 is 5.32 Å². The van der Waals surface area contributed by atoms with E-state index in [4.69, 9.17) is 0 Å². The fourth-order valence-corrected chi connectivity index (χ4v) is 5.48. The predicted octanol–water partition coefficient (Wildman–Crippen LogP) is 4.24. The quantitative estimate of drug-likeness (QED) is 0.845. The summed E-state index contributed by atoms with van der Waals surface area (Å²) in [5.41, 5.74) is 3.55. The minimum absolute atomic E-state index is 0.0872. The molecule has 4 rings (SSSR count). The normalized spacial score (nSPS) is 23.2. The Morgan fingerprint density at radius 1 is 0.952 bits per heavy atom. The molecule has 0 aliphatic carbocycles. The van der Waals surface area contributed by atoms with Crippen LogP contribution in [0.3, 0.4) is 0 Å². The monoisotopic (exact) mass is 299 g/mol. The lowest BCUT2D eigenvalue weighted by atomic mass is 9.85. The van der Waals surface area contributed by atoms with Crippen molar-refractivity contribution in [2.45, 2.75) is 22.8 Å². The Balaban J connectivity index is 1.83. The maximum Gasteiger partial charge on any atom is 0.127 e. The van der Waals surface area contributed by atoms with Crippen LogP contribution in [-0.2, 0) is 4.75 Å². The van der Waals surface area contributed by atoms with Crippen molar-refractivity contribution in [1.82, 2.24) is 5.32 Å². The Morgan fingerprint density at radius 3 is 2.38 bits per heavy atom. The van der Waals surface area contributed by atoms with Gasteiger partial charge in [-0.25, -0.2) is 4.39 Å². The van der Waals surface area contributed by atoms with Gasteiger partial charge in [0.2, 0.25) is 0 Å². The zero-order valence-electron chi connectivity index (χ0n) is 11.8. The topological polar surface area (TPSA) is 12.0 Å².